The van der Waals surface area contributed by atoms with Gasteiger partial charge >= 0.3 is 12.3 Å². The van der Waals surface area contributed by atoms with Crippen LogP contribution in [0, 0.1) is 5.82 Å². The Balaban J connectivity index is 2.78. The number of benzene rings is 1. The molecule has 23 heavy (non-hydrogen) atoms. The van der Waals surface area contributed by atoms with Gasteiger partial charge in [-0.15, -0.1) is 0 Å². The molecule has 0 fully saturated rings. The Morgan fingerprint density at radius 3 is 2.35 bits per heavy atom. The number of rotatable bonds is 4. The van der Waals surface area contributed by atoms with E-state index in [1.807, 2.05) is 0 Å². The van der Waals surface area contributed by atoms with Crippen LogP contribution in [0.3, 0.4) is 0 Å². The summed E-state index contributed by atoms with van der Waals surface area (Å²) in [5, 5.41) is 2.47. The fourth-order valence-electron chi connectivity index (χ4n) is 1.82. The third kappa shape index (κ3) is 6.43. The summed E-state index contributed by atoms with van der Waals surface area (Å²) in [4.78, 5) is 11.7. The molecule has 0 aliphatic rings. The second-order valence-corrected chi connectivity index (χ2v) is 6.09. The fourth-order valence-corrected chi connectivity index (χ4v) is 1.82. The van der Waals surface area contributed by atoms with E-state index >= 15 is 0 Å². The fraction of sp³-hybridized carbons (Fsp3) is 0.533. The van der Waals surface area contributed by atoms with Gasteiger partial charge in [0.1, 0.15) is 11.4 Å². The van der Waals surface area contributed by atoms with Gasteiger partial charge in [0.25, 0.3) is 0 Å². The van der Waals surface area contributed by atoms with Crippen molar-refractivity contribution in [3.05, 3.63) is 35.1 Å². The highest BCUT2D eigenvalue weighted by Gasteiger charge is 2.31. The predicted octanol–water partition coefficient (Wildman–Crippen LogP) is 3.24. The Morgan fingerprint density at radius 1 is 1.30 bits per heavy atom. The third-order valence-corrected chi connectivity index (χ3v) is 2.85. The van der Waals surface area contributed by atoms with Gasteiger partial charge in [-0.2, -0.15) is 13.2 Å². The van der Waals surface area contributed by atoms with Crippen molar-refractivity contribution in [2.75, 3.05) is 6.54 Å². The molecule has 4 nitrogen and oxygen atoms in total. The lowest BCUT2D eigenvalue weighted by molar-refractivity contribution is -0.137. The molecular formula is C15H20F4N2O2. The first-order valence-electron chi connectivity index (χ1n) is 6.97. The Labute approximate surface area is 132 Å². The van der Waals surface area contributed by atoms with E-state index in [1.165, 1.54) is 0 Å². The summed E-state index contributed by atoms with van der Waals surface area (Å²) in [6, 6.07) is 1.60. The first-order chi connectivity index (χ1) is 10.4. The highest BCUT2D eigenvalue weighted by Crippen LogP contribution is 2.30. The van der Waals surface area contributed by atoms with Gasteiger partial charge < -0.3 is 15.8 Å². The highest BCUT2D eigenvalue weighted by atomic mass is 19.4. The minimum absolute atomic E-state index is 0.0142. The molecule has 0 bridgehead atoms. The molecule has 0 aliphatic carbocycles. The zero-order valence-electron chi connectivity index (χ0n) is 13.1. The van der Waals surface area contributed by atoms with E-state index in [0.29, 0.717) is 6.07 Å². The lowest BCUT2D eigenvalue weighted by Crippen LogP contribution is -2.44. The molecule has 1 rings (SSSR count). The van der Waals surface area contributed by atoms with Crippen LogP contribution in [0.5, 0.6) is 0 Å². The van der Waals surface area contributed by atoms with Crippen LogP contribution in [-0.2, 0) is 17.3 Å². The largest absolute Gasteiger partial charge is 0.444 e. The van der Waals surface area contributed by atoms with E-state index in [0.717, 1.165) is 12.1 Å². The second kappa shape index (κ2) is 7.16. The monoisotopic (exact) mass is 336 g/mol. The van der Waals surface area contributed by atoms with E-state index in [1.54, 1.807) is 20.8 Å². The van der Waals surface area contributed by atoms with E-state index in [-0.39, 0.29) is 18.5 Å². The maximum atomic E-state index is 13.8. The number of carbonyl (C=O) groups is 1. The van der Waals surface area contributed by atoms with Crippen LogP contribution in [0.15, 0.2) is 18.2 Å². The summed E-state index contributed by atoms with van der Waals surface area (Å²) >= 11 is 0. The van der Waals surface area contributed by atoms with Gasteiger partial charge in [0.15, 0.2) is 0 Å². The van der Waals surface area contributed by atoms with Crippen molar-refractivity contribution in [3.8, 4) is 0 Å². The number of ether oxygens (including phenoxy) is 1. The number of carbonyl (C=O) groups excluding carboxylic acids is 1. The van der Waals surface area contributed by atoms with Crippen LogP contribution in [0.25, 0.3) is 0 Å². The summed E-state index contributed by atoms with van der Waals surface area (Å²) < 4.78 is 56.3. The molecule has 1 unspecified atom stereocenters. The molecular weight excluding hydrogens is 316 g/mol. The first-order valence-corrected chi connectivity index (χ1v) is 6.97. The van der Waals surface area contributed by atoms with Crippen molar-refractivity contribution in [3.63, 3.8) is 0 Å². The summed E-state index contributed by atoms with van der Waals surface area (Å²) in [6.45, 7) is 5.03. The quantitative estimate of drug-likeness (QED) is 0.830. The lowest BCUT2D eigenvalue weighted by Gasteiger charge is -2.23. The molecule has 8 heteroatoms. The molecule has 0 heterocycles. The Morgan fingerprint density at radius 2 is 1.91 bits per heavy atom. The molecule has 0 spiro atoms. The van der Waals surface area contributed by atoms with Crippen molar-refractivity contribution in [1.29, 1.82) is 0 Å². The molecule has 1 aromatic rings. The molecule has 0 saturated heterocycles. The zero-order chi connectivity index (χ0) is 17.8. The van der Waals surface area contributed by atoms with Crippen LogP contribution >= 0.6 is 0 Å². The topological polar surface area (TPSA) is 64.3 Å². The zero-order valence-corrected chi connectivity index (χ0v) is 13.1. The minimum Gasteiger partial charge on any atom is -0.444 e. The Hall–Kier alpha value is -1.83. The normalized spacial score (nSPS) is 13.6. The molecule has 130 valence electrons. The summed E-state index contributed by atoms with van der Waals surface area (Å²) in [5.74, 6) is -0.996. The number of alkyl carbamates (subject to hydrolysis) is 1. The van der Waals surface area contributed by atoms with Gasteiger partial charge in [-0.3, -0.25) is 0 Å². The van der Waals surface area contributed by atoms with Crippen LogP contribution in [-0.4, -0.2) is 24.3 Å². The highest BCUT2D eigenvalue weighted by molar-refractivity contribution is 5.68. The molecule has 0 saturated carbocycles. The first kappa shape index (κ1) is 19.2. The molecule has 3 N–H and O–H groups in total. The van der Waals surface area contributed by atoms with E-state index in [9.17, 15) is 22.4 Å². The number of nitrogens with two attached hydrogens (primary N) is 1. The summed E-state index contributed by atoms with van der Waals surface area (Å²) in [7, 11) is 0. The standard InChI is InChI=1S/C15H20F4N2O2/c1-14(2,3)23-13(22)21-11(8-20)6-9-4-5-10(7-12(9)16)15(17,18)19/h4-5,7,11H,6,8,20H2,1-3H3,(H,21,22). The number of hydrogen-bond acceptors (Lipinski definition) is 3. The Bertz CT molecular complexity index is 553. The third-order valence-electron chi connectivity index (χ3n) is 2.85. The van der Waals surface area contributed by atoms with E-state index < -0.39 is 35.3 Å². The summed E-state index contributed by atoms with van der Waals surface area (Å²) in [6.07, 6.45) is -5.37. The molecule has 1 atom stereocenters. The van der Waals surface area contributed by atoms with Gasteiger partial charge in [-0.05, 0) is 44.9 Å². The molecule has 1 amide bonds. The SMILES string of the molecule is CC(C)(C)OC(=O)NC(CN)Cc1ccc(C(F)(F)F)cc1F. The van der Waals surface area contributed by atoms with Crippen LogP contribution < -0.4 is 11.1 Å². The van der Waals surface area contributed by atoms with Crippen molar-refractivity contribution >= 4 is 6.09 Å². The molecule has 0 aliphatic heterocycles. The maximum Gasteiger partial charge on any atom is 0.416 e. The van der Waals surface area contributed by atoms with Crippen molar-refractivity contribution < 1.29 is 27.1 Å². The number of halogens is 4. The van der Waals surface area contributed by atoms with Crippen molar-refractivity contribution in [2.24, 2.45) is 5.73 Å². The second-order valence-electron chi connectivity index (χ2n) is 6.09. The summed E-state index contributed by atoms with van der Waals surface area (Å²) in [5.41, 5.74) is 3.77. The molecule has 0 radical (unpaired) electrons. The van der Waals surface area contributed by atoms with Gasteiger partial charge in [0.2, 0.25) is 0 Å². The average Bonchev–Trinajstić information content (AvgIpc) is 2.36. The smallest absolute Gasteiger partial charge is 0.416 e. The molecule has 1 aromatic carbocycles. The van der Waals surface area contributed by atoms with Gasteiger partial charge in [-0.25, -0.2) is 9.18 Å². The van der Waals surface area contributed by atoms with Crippen LogP contribution in [0.4, 0.5) is 22.4 Å². The van der Waals surface area contributed by atoms with Crippen LogP contribution in [0.1, 0.15) is 31.9 Å². The number of nitrogens with one attached hydrogen (secondary N) is 1. The number of hydrogen-bond donors (Lipinski definition) is 2. The van der Waals surface area contributed by atoms with Gasteiger partial charge in [-0.1, -0.05) is 6.07 Å². The van der Waals surface area contributed by atoms with Crippen molar-refractivity contribution in [2.45, 2.75) is 45.0 Å². The number of amides is 1. The van der Waals surface area contributed by atoms with Gasteiger partial charge in [0, 0.05) is 12.6 Å². The van der Waals surface area contributed by atoms with Crippen molar-refractivity contribution in [1.82, 2.24) is 5.32 Å². The minimum atomic E-state index is -4.61. The van der Waals surface area contributed by atoms with Crippen LogP contribution in [0.2, 0.25) is 0 Å². The number of alkyl halides is 3. The average molecular weight is 336 g/mol. The lowest BCUT2D eigenvalue weighted by atomic mass is 10.0. The van der Waals surface area contributed by atoms with E-state index in [2.05, 4.69) is 5.32 Å². The Kier molecular flexibility index (Phi) is 5.98. The van der Waals surface area contributed by atoms with Gasteiger partial charge in [0.05, 0.1) is 5.56 Å². The van der Waals surface area contributed by atoms with E-state index in [4.69, 9.17) is 10.5 Å². The molecule has 0 aromatic heterocycles. The maximum absolute atomic E-state index is 13.8. The predicted molar refractivity (Wildman–Crippen MR) is 77.3 cm³/mol.